The largest absolute Gasteiger partial charge is 0.467 e. The van der Waals surface area contributed by atoms with Gasteiger partial charge in [0.15, 0.2) is 0 Å². The zero-order valence-electron chi connectivity index (χ0n) is 14.9. The highest BCUT2D eigenvalue weighted by Crippen LogP contribution is 2.13. The lowest BCUT2D eigenvalue weighted by Gasteiger charge is -2.16. The number of benzene rings is 2. The second-order valence-electron chi connectivity index (χ2n) is 5.98. The summed E-state index contributed by atoms with van der Waals surface area (Å²) in [6, 6.07) is 19.9. The number of hydrogen-bond donors (Lipinski definition) is 1. The van der Waals surface area contributed by atoms with Crippen LogP contribution in [0.1, 0.15) is 11.3 Å². The fraction of sp³-hybridized carbons (Fsp3) is 0.190. The van der Waals surface area contributed by atoms with Gasteiger partial charge in [0, 0.05) is 17.5 Å². The molecule has 1 heterocycles. The number of esters is 1. The molecule has 0 radical (unpaired) electrons. The number of fused-ring (bicyclic) bond motifs is 1. The van der Waals surface area contributed by atoms with Crippen LogP contribution in [0.3, 0.4) is 0 Å². The maximum absolute atomic E-state index is 12.1. The number of aromatic nitrogens is 1. The van der Waals surface area contributed by atoms with E-state index in [1.807, 2.05) is 66.7 Å². The molecule has 1 aromatic heterocycles. The van der Waals surface area contributed by atoms with Crippen LogP contribution in [0.5, 0.6) is 0 Å². The highest BCUT2D eigenvalue weighted by atomic mass is 16.6. The molecule has 0 bridgehead atoms. The van der Waals surface area contributed by atoms with Gasteiger partial charge in [0.1, 0.15) is 12.6 Å². The van der Waals surface area contributed by atoms with E-state index in [-0.39, 0.29) is 13.0 Å². The van der Waals surface area contributed by atoms with Crippen molar-refractivity contribution in [1.29, 1.82) is 0 Å². The molecule has 138 valence electrons. The lowest BCUT2D eigenvalue weighted by molar-refractivity contribution is -0.143. The van der Waals surface area contributed by atoms with Gasteiger partial charge in [0.05, 0.1) is 12.6 Å². The van der Waals surface area contributed by atoms with Crippen LogP contribution in [-0.2, 0) is 27.3 Å². The van der Waals surface area contributed by atoms with Gasteiger partial charge in [-0.1, -0.05) is 54.6 Å². The van der Waals surface area contributed by atoms with E-state index in [2.05, 4.69) is 10.3 Å². The summed E-state index contributed by atoms with van der Waals surface area (Å²) in [7, 11) is 1.28. The van der Waals surface area contributed by atoms with Gasteiger partial charge in [-0.2, -0.15) is 0 Å². The van der Waals surface area contributed by atoms with Crippen LogP contribution >= 0.6 is 0 Å². The van der Waals surface area contributed by atoms with Crippen molar-refractivity contribution in [1.82, 2.24) is 10.3 Å². The molecule has 27 heavy (non-hydrogen) atoms. The Morgan fingerprint density at radius 3 is 2.52 bits per heavy atom. The number of alkyl carbamates (subject to hydrolysis) is 1. The first-order chi connectivity index (χ1) is 13.2. The summed E-state index contributed by atoms with van der Waals surface area (Å²) in [5.41, 5.74) is 2.36. The summed E-state index contributed by atoms with van der Waals surface area (Å²) >= 11 is 0. The first-order valence-corrected chi connectivity index (χ1v) is 8.55. The maximum Gasteiger partial charge on any atom is 0.408 e. The number of hydrogen-bond acceptors (Lipinski definition) is 5. The third-order valence-electron chi connectivity index (χ3n) is 4.06. The highest BCUT2D eigenvalue weighted by Gasteiger charge is 2.23. The molecular formula is C21H20N2O4. The predicted molar refractivity (Wildman–Crippen MR) is 101 cm³/mol. The molecule has 3 rings (SSSR count). The number of para-hydroxylation sites is 1. The quantitative estimate of drug-likeness (QED) is 0.680. The summed E-state index contributed by atoms with van der Waals surface area (Å²) in [4.78, 5) is 28.7. The number of carbonyl (C=O) groups is 2. The van der Waals surface area contributed by atoms with Crippen molar-refractivity contribution < 1.29 is 19.1 Å². The minimum Gasteiger partial charge on any atom is -0.467 e. The molecule has 0 aliphatic heterocycles. The Bertz CT molecular complexity index is 928. The molecule has 6 heteroatoms. The molecule has 1 atom stereocenters. The number of pyridine rings is 1. The van der Waals surface area contributed by atoms with Crippen molar-refractivity contribution in [3.05, 3.63) is 78.0 Å². The van der Waals surface area contributed by atoms with Gasteiger partial charge in [0.2, 0.25) is 0 Å². The van der Waals surface area contributed by atoms with E-state index in [4.69, 9.17) is 9.47 Å². The zero-order valence-corrected chi connectivity index (χ0v) is 14.9. The van der Waals surface area contributed by atoms with Gasteiger partial charge in [-0.25, -0.2) is 9.59 Å². The lowest BCUT2D eigenvalue weighted by atomic mass is 10.1. The molecule has 0 spiro atoms. The summed E-state index contributed by atoms with van der Waals surface area (Å²) in [5.74, 6) is -0.554. The smallest absolute Gasteiger partial charge is 0.408 e. The molecule has 0 fully saturated rings. The average Bonchev–Trinajstić information content (AvgIpc) is 2.72. The standard InChI is InChI=1S/C21H20N2O4/c1-26-20(24)19(23-21(25)27-14-15-7-3-2-4-8-15)13-17-12-11-16-9-5-6-10-18(16)22-17/h2-12,19H,13-14H2,1H3,(H,23,25)/t19-/m0/s1. The normalized spacial score (nSPS) is 11.6. The van der Waals surface area contributed by atoms with E-state index in [9.17, 15) is 9.59 Å². The topological polar surface area (TPSA) is 77.5 Å². The fourth-order valence-electron chi connectivity index (χ4n) is 2.67. The van der Waals surface area contributed by atoms with E-state index >= 15 is 0 Å². The molecule has 6 nitrogen and oxygen atoms in total. The second kappa shape index (κ2) is 8.80. The third kappa shape index (κ3) is 5.04. The maximum atomic E-state index is 12.1. The SMILES string of the molecule is COC(=O)[C@H](Cc1ccc2ccccc2n1)NC(=O)OCc1ccccc1. The molecule has 2 aromatic carbocycles. The van der Waals surface area contributed by atoms with Gasteiger partial charge >= 0.3 is 12.1 Å². The van der Waals surface area contributed by atoms with Gasteiger partial charge in [-0.3, -0.25) is 4.98 Å². The molecule has 0 aliphatic rings. The van der Waals surface area contributed by atoms with Crippen LogP contribution in [0.4, 0.5) is 4.79 Å². The predicted octanol–water partition coefficient (Wildman–Crippen LogP) is 3.25. The van der Waals surface area contributed by atoms with Crippen molar-refractivity contribution in [2.75, 3.05) is 7.11 Å². The van der Waals surface area contributed by atoms with Crippen molar-refractivity contribution >= 4 is 23.0 Å². The number of rotatable bonds is 6. The van der Waals surface area contributed by atoms with Gasteiger partial charge in [0.25, 0.3) is 0 Å². The average molecular weight is 364 g/mol. The van der Waals surface area contributed by atoms with E-state index in [0.29, 0.717) is 5.69 Å². The molecule has 3 aromatic rings. The van der Waals surface area contributed by atoms with Crippen molar-refractivity contribution in [3.8, 4) is 0 Å². The number of ether oxygens (including phenoxy) is 2. The number of nitrogens with one attached hydrogen (secondary N) is 1. The Morgan fingerprint density at radius 2 is 1.74 bits per heavy atom. The minimum atomic E-state index is -0.882. The van der Waals surface area contributed by atoms with Gasteiger partial charge in [-0.05, 0) is 17.7 Å². The van der Waals surface area contributed by atoms with Crippen LogP contribution in [0.2, 0.25) is 0 Å². The fourth-order valence-corrected chi connectivity index (χ4v) is 2.67. The summed E-state index contributed by atoms with van der Waals surface area (Å²) < 4.78 is 9.98. The van der Waals surface area contributed by atoms with E-state index < -0.39 is 18.1 Å². The summed E-state index contributed by atoms with van der Waals surface area (Å²) in [6.45, 7) is 0.120. The van der Waals surface area contributed by atoms with Crippen molar-refractivity contribution in [3.63, 3.8) is 0 Å². The highest BCUT2D eigenvalue weighted by molar-refractivity contribution is 5.82. The van der Waals surface area contributed by atoms with Crippen LogP contribution in [0.25, 0.3) is 10.9 Å². The zero-order chi connectivity index (χ0) is 19.1. The number of methoxy groups -OCH3 is 1. The van der Waals surface area contributed by atoms with Crippen molar-refractivity contribution in [2.45, 2.75) is 19.1 Å². The molecule has 0 aliphatic carbocycles. The van der Waals surface area contributed by atoms with E-state index in [0.717, 1.165) is 16.5 Å². The first kappa shape index (κ1) is 18.4. The Morgan fingerprint density at radius 1 is 1.00 bits per heavy atom. The Labute approximate surface area is 157 Å². The Kier molecular flexibility index (Phi) is 5.99. The Balaban J connectivity index is 1.65. The van der Waals surface area contributed by atoms with Crippen LogP contribution < -0.4 is 5.32 Å². The monoisotopic (exact) mass is 364 g/mol. The first-order valence-electron chi connectivity index (χ1n) is 8.55. The van der Waals surface area contributed by atoms with Crippen LogP contribution in [-0.4, -0.2) is 30.2 Å². The molecule has 1 amide bonds. The van der Waals surface area contributed by atoms with E-state index in [1.54, 1.807) is 0 Å². The number of amides is 1. The van der Waals surface area contributed by atoms with Gasteiger partial charge < -0.3 is 14.8 Å². The summed E-state index contributed by atoms with van der Waals surface area (Å²) in [6.07, 6.45) is -0.479. The van der Waals surface area contributed by atoms with Crippen LogP contribution in [0, 0.1) is 0 Å². The summed E-state index contributed by atoms with van der Waals surface area (Å²) in [5, 5.41) is 3.56. The number of nitrogens with zero attached hydrogens (tertiary/aromatic N) is 1. The molecule has 0 saturated heterocycles. The van der Waals surface area contributed by atoms with Crippen molar-refractivity contribution in [2.24, 2.45) is 0 Å². The molecule has 0 unspecified atom stereocenters. The molecular weight excluding hydrogens is 344 g/mol. The second-order valence-corrected chi connectivity index (χ2v) is 5.98. The third-order valence-corrected chi connectivity index (χ3v) is 4.06. The van der Waals surface area contributed by atoms with Gasteiger partial charge in [-0.15, -0.1) is 0 Å². The molecule has 1 N–H and O–H groups in total. The van der Waals surface area contributed by atoms with Crippen LogP contribution in [0.15, 0.2) is 66.7 Å². The molecule has 0 saturated carbocycles. The number of carbonyl (C=O) groups excluding carboxylic acids is 2. The lowest BCUT2D eigenvalue weighted by Crippen LogP contribution is -2.43. The Hall–Kier alpha value is -3.41. The minimum absolute atomic E-state index is 0.120. The van der Waals surface area contributed by atoms with E-state index in [1.165, 1.54) is 7.11 Å².